The monoisotopic (exact) mass is 512 g/mol. The summed E-state index contributed by atoms with van der Waals surface area (Å²) in [4.78, 5) is 32.7. The molecule has 3 heterocycles. The summed E-state index contributed by atoms with van der Waals surface area (Å²) in [5.74, 6) is 0.575. The van der Waals surface area contributed by atoms with E-state index >= 15 is 0 Å². The van der Waals surface area contributed by atoms with Crippen LogP contribution in [0.15, 0.2) is 36.9 Å². The Morgan fingerprint density at radius 3 is 2.44 bits per heavy atom. The smallest absolute Gasteiger partial charge is 0.245 e. The van der Waals surface area contributed by atoms with E-state index in [0.29, 0.717) is 30.5 Å². The van der Waals surface area contributed by atoms with Crippen molar-refractivity contribution >= 4 is 23.4 Å². The van der Waals surface area contributed by atoms with E-state index in [-0.39, 0.29) is 23.3 Å². The Bertz CT molecular complexity index is 1010. The standard InChI is InChI=1S/C27H37ClN6O2/c28-22-8-6-20(7-9-22)16-24(32-25(35)23-10-13-30-23)26(36)33-14-11-27(12-15-33,17-34-19-29-18-31-34)21-4-2-1-3-5-21/h6-9,18-19,21,23-24,30H,1-5,10-17H2,(H,32,35)/t23-,24-/m1/s1. The van der Waals surface area contributed by atoms with Crippen LogP contribution in [-0.2, 0) is 22.6 Å². The van der Waals surface area contributed by atoms with Gasteiger partial charge in [-0.2, -0.15) is 5.10 Å². The minimum absolute atomic E-state index is 0.00984. The second-order valence-electron chi connectivity index (χ2n) is 10.8. The Hall–Kier alpha value is -2.45. The van der Waals surface area contributed by atoms with Crippen molar-refractivity contribution < 1.29 is 9.59 Å². The Morgan fingerprint density at radius 2 is 1.83 bits per heavy atom. The fraction of sp³-hybridized carbons (Fsp3) is 0.630. The predicted molar refractivity (Wildman–Crippen MR) is 138 cm³/mol. The van der Waals surface area contributed by atoms with Crippen molar-refractivity contribution in [1.29, 1.82) is 0 Å². The minimum Gasteiger partial charge on any atom is -0.343 e. The van der Waals surface area contributed by atoms with Crippen LogP contribution < -0.4 is 10.6 Å². The molecule has 0 radical (unpaired) electrons. The molecule has 1 aliphatic carbocycles. The number of piperidine rings is 1. The molecule has 2 aliphatic heterocycles. The number of nitrogens with zero attached hydrogens (tertiary/aromatic N) is 4. The zero-order valence-corrected chi connectivity index (χ0v) is 21.6. The van der Waals surface area contributed by atoms with Crippen molar-refractivity contribution in [2.45, 2.75) is 76.4 Å². The SMILES string of the molecule is O=C(N[C@H](Cc1ccc(Cl)cc1)C(=O)N1CCC(Cn2cncn2)(C2CCCCC2)CC1)[C@H]1CCN1. The van der Waals surface area contributed by atoms with Crippen LogP contribution in [0, 0.1) is 11.3 Å². The van der Waals surface area contributed by atoms with Crippen LogP contribution in [0.25, 0.3) is 0 Å². The molecule has 0 unspecified atom stereocenters. The van der Waals surface area contributed by atoms with E-state index in [9.17, 15) is 9.59 Å². The fourth-order valence-corrected chi connectivity index (χ4v) is 6.41. The summed E-state index contributed by atoms with van der Waals surface area (Å²) in [5, 5.41) is 11.3. The van der Waals surface area contributed by atoms with Gasteiger partial charge < -0.3 is 15.5 Å². The largest absolute Gasteiger partial charge is 0.343 e. The quantitative estimate of drug-likeness (QED) is 0.566. The van der Waals surface area contributed by atoms with Crippen molar-refractivity contribution in [1.82, 2.24) is 30.3 Å². The van der Waals surface area contributed by atoms with E-state index in [2.05, 4.69) is 20.7 Å². The molecule has 9 heteroatoms. The molecule has 2 N–H and O–H groups in total. The number of hydrogen-bond donors (Lipinski definition) is 2. The first-order valence-corrected chi connectivity index (χ1v) is 13.8. The van der Waals surface area contributed by atoms with Crippen LogP contribution in [-0.4, -0.2) is 63.2 Å². The average Bonchev–Trinajstić information content (AvgIpc) is 3.37. The van der Waals surface area contributed by atoms with Gasteiger partial charge in [0.25, 0.3) is 0 Å². The van der Waals surface area contributed by atoms with Gasteiger partial charge in [0.2, 0.25) is 11.8 Å². The summed E-state index contributed by atoms with van der Waals surface area (Å²) in [6.45, 7) is 3.12. The van der Waals surface area contributed by atoms with Crippen LogP contribution in [0.4, 0.5) is 0 Å². The molecule has 0 spiro atoms. The second kappa shape index (κ2) is 11.3. The van der Waals surface area contributed by atoms with Crippen LogP contribution in [0.2, 0.25) is 5.02 Å². The first kappa shape index (κ1) is 25.2. The van der Waals surface area contributed by atoms with Crippen molar-refractivity contribution in [2.75, 3.05) is 19.6 Å². The summed E-state index contributed by atoms with van der Waals surface area (Å²) >= 11 is 6.06. The molecule has 8 nitrogen and oxygen atoms in total. The third-order valence-corrected chi connectivity index (χ3v) is 8.85. The van der Waals surface area contributed by atoms with Gasteiger partial charge >= 0.3 is 0 Å². The van der Waals surface area contributed by atoms with Crippen LogP contribution in [0.3, 0.4) is 0 Å². The number of benzene rings is 1. The van der Waals surface area contributed by atoms with Crippen LogP contribution in [0.1, 0.15) is 56.9 Å². The number of halogens is 1. The Balaban J connectivity index is 1.29. The number of amides is 2. The molecule has 2 amide bonds. The molecule has 3 aliphatic rings. The lowest BCUT2D eigenvalue weighted by molar-refractivity contribution is -0.140. The van der Waals surface area contributed by atoms with E-state index in [1.807, 2.05) is 40.2 Å². The van der Waals surface area contributed by atoms with Gasteiger partial charge in [0.15, 0.2) is 0 Å². The lowest BCUT2D eigenvalue weighted by Gasteiger charge is -2.48. The molecule has 2 aromatic rings. The van der Waals surface area contributed by atoms with Crippen molar-refractivity contribution in [3.8, 4) is 0 Å². The maximum absolute atomic E-state index is 13.8. The molecule has 194 valence electrons. The molecular formula is C27H37ClN6O2. The first-order valence-electron chi connectivity index (χ1n) is 13.4. The number of likely N-dealkylation sites (tertiary alicyclic amines) is 1. The van der Waals surface area contributed by atoms with Crippen molar-refractivity contribution in [3.05, 3.63) is 47.5 Å². The van der Waals surface area contributed by atoms with E-state index in [1.54, 1.807) is 6.33 Å². The summed E-state index contributed by atoms with van der Waals surface area (Å²) in [5.41, 5.74) is 1.12. The highest BCUT2D eigenvalue weighted by Gasteiger charge is 2.44. The topological polar surface area (TPSA) is 92.2 Å². The normalized spacial score (nSPS) is 23.0. The molecule has 2 atom stereocenters. The maximum Gasteiger partial charge on any atom is 0.245 e. The fourth-order valence-electron chi connectivity index (χ4n) is 6.28. The summed E-state index contributed by atoms with van der Waals surface area (Å²) < 4.78 is 1.97. The van der Waals surface area contributed by atoms with Crippen molar-refractivity contribution in [3.63, 3.8) is 0 Å². The summed E-state index contributed by atoms with van der Waals surface area (Å²) in [6, 6.07) is 6.73. The van der Waals surface area contributed by atoms with Crippen LogP contribution >= 0.6 is 11.6 Å². The van der Waals surface area contributed by atoms with E-state index < -0.39 is 6.04 Å². The molecule has 3 fully saturated rings. The van der Waals surface area contributed by atoms with Gasteiger partial charge in [-0.1, -0.05) is 43.0 Å². The molecule has 1 aromatic heterocycles. The van der Waals surface area contributed by atoms with Gasteiger partial charge in [0, 0.05) is 31.1 Å². The lowest BCUT2D eigenvalue weighted by atomic mass is 9.63. The third-order valence-electron chi connectivity index (χ3n) is 8.59. The molecule has 2 saturated heterocycles. The Morgan fingerprint density at radius 1 is 1.11 bits per heavy atom. The highest BCUT2D eigenvalue weighted by atomic mass is 35.5. The number of nitrogens with one attached hydrogen (secondary N) is 2. The number of hydrogen-bond acceptors (Lipinski definition) is 5. The van der Waals surface area contributed by atoms with Gasteiger partial charge in [0.1, 0.15) is 18.7 Å². The van der Waals surface area contributed by atoms with Gasteiger partial charge in [-0.25, -0.2) is 4.98 Å². The summed E-state index contributed by atoms with van der Waals surface area (Å²) in [6.07, 6.45) is 13.0. The zero-order valence-electron chi connectivity index (χ0n) is 20.9. The number of carbonyl (C=O) groups excluding carboxylic acids is 2. The van der Waals surface area contributed by atoms with Crippen molar-refractivity contribution in [2.24, 2.45) is 11.3 Å². The van der Waals surface area contributed by atoms with E-state index in [4.69, 9.17) is 11.6 Å². The number of carbonyl (C=O) groups is 2. The second-order valence-corrected chi connectivity index (χ2v) is 11.2. The highest BCUT2D eigenvalue weighted by molar-refractivity contribution is 6.30. The number of rotatable bonds is 8. The molecule has 1 saturated carbocycles. The maximum atomic E-state index is 13.8. The molecule has 1 aromatic carbocycles. The van der Waals surface area contributed by atoms with Gasteiger partial charge in [-0.3, -0.25) is 14.3 Å². The minimum atomic E-state index is -0.585. The molecular weight excluding hydrogens is 476 g/mol. The molecule has 0 bridgehead atoms. The Labute approximate surface area is 218 Å². The zero-order chi connectivity index (χ0) is 25.0. The van der Waals surface area contributed by atoms with Gasteiger partial charge in [0.05, 0.1) is 6.04 Å². The lowest BCUT2D eigenvalue weighted by Crippen LogP contribution is -2.59. The summed E-state index contributed by atoms with van der Waals surface area (Å²) in [7, 11) is 0. The third kappa shape index (κ3) is 5.75. The van der Waals surface area contributed by atoms with Gasteiger partial charge in [-0.15, -0.1) is 0 Å². The Kier molecular flexibility index (Phi) is 7.91. The first-order chi connectivity index (χ1) is 17.5. The van der Waals surface area contributed by atoms with Gasteiger partial charge in [-0.05, 0) is 67.7 Å². The number of aromatic nitrogens is 3. The van der Waals surface area contributed by atoms with E-state index in [1.165, 1.54) is 32.1 Å². The van der Waals surface area contributed by atoms with Crippen LogP contribution in [0.5, 0.6) is 0 Å². The highest BCUT2D eigenvalue weighted by Crippen LogP contribution is 2.47. The average molecular weight is 513 g/mol. The molecule has 36 heavy (non-hydrogen) atoms. The predicted octanol–water partition coefficient (Wildman–Crippen LogP) is 3.21. The van der Waals surface area contributed by atoms with E-state index in [0.717, 1.165) is 37.9 Å². The molecule has 5 rings (SSSR count).